The molecule has 1 aromatic rings. The molecule has 0 bridgehead atoms. The van der Waals surface area contributed by atoms with Gasteiger partial charge < -0.3 is 5.11 Å². The molecule has 8 heteroatoms. The largest absolute Gasteiger partial charge is 0.476 e. The monoisotopic (exact) mass is 372 g/mol. The number of carboxylic acids is 1. The number of aromatic nitrogens is 1. The van der Waals surface area contributed by atoms with Crippen LogP contribution in [0, 0.1) is 6.92 Å². The third-order valence-electron chi connectivity index (χ3n) is 5.05. The normalized spacial score (nSPS) is 24.1. The lowest BCUT2D eigenvalue weighted by Gasteiger charge is -2.37. The molecule has 1 atom stereocenters. The van der Waals surface area contributed by atoms with Crippen molar-refractivity contribution in [3.63, 3.8) is 0 Å². The minimum Gasteiger partial charge on any atom is -0.476 e. The summed E-state index contributed by atoms with van der Waals surface area (Å²) in [5.74, 6) is -1.05. The molecule has 1 N–H and O–H groups in total. The molecule has 0 spiro atoms. The molecule has 24 heavy (non-hydrogen) atoms. The molecule has 0 radical (unpaired) electrons. The number of nitrogens with zero attached hydrogens (tertiary/aromatic N) is 2. The Morgan fingerprint density at radius 3 is 2.46 bits per heavy atom. The van der Waals surface area contributed by atoms with Gasteiger partial charge in [0.2, 0.25) is 10.0 Å². The number of thiazole rings is 1. The first-order valence-electron chi connectivity index (χ1n) is 8.62. The van der Waals surface area contributed by atoms with E-state index in [0.29, 0.717) is 16.4 Å². The first-order chi connectivity index (χ1) is 11.4. The summed E-state index contributed by atoms with van der Waals surface area (Å²) in [5.41, 5.74) is 0.0515. The molecule has 2 heterocycles. The fourth-order valence-electron chi connectivity index (χ4n) is 3.77. The number of carbonyl (C=O) groups is 1. The first-order valence-corrected chi connectivity index (χ1v) is 10.9. The van der Waals surface area contributed by atoms with Crippen molar-refractivity contribution in [2.75, 3.05) is 6.54 Å². The number of piperidine rings is 1. The summed E-state index contributed by atoms with van der Waals surface area (Å²) < 4.78 is 27.9. The molecule has 1 aliphatic heterocycles. The predicted octanol–water partition coefficient (Wildman–Crippen LogP) is 3.34. The molecule has 3 rings (SSSR count). The molecule has 0 aromatic carbocycles. The number of rotatable bonds is 4. The lowest BCUT2D eigenvalue weighted by molar-refractivity contribution is 0.0690. The average Bonchev–Trinajstić information content (AvgIpc) is 2.98. The zero-order chi connectivity index (χ0) is 17.3. The van der Waals surface area contributed by atoms with Gasteiger partial charge in [0, 0.05) is 11.4 Å². The lowest BCUT2D eigenvalue weighted by Crippen LogP contribution is -2.44. The van der Waals surface area contributed by atoms with E-state index in [4.69, 9.17) is 0 Å². The van der Waals surface area contributed by atoms with Gasteiger partial charge in [-0.2, -0.15) is 4.31 Å². The number of hydrogen-bond donors (Lipinski definition) is 1. The third kappa shape index (κ3) is 3.36. The fraction of sp³-hybridized carbons (Fsp3) is 0.750. The Kier molecular flexibility index (Phi) is 5.27. The standard InChI is InChI=1S/C16H24N2O4S2/c1-11-14(16(19)20)17-15(23-11)13-9-5-6-10-18(13)24(21,22)12-7-3-2-4-8-12/h12-13H,2-10H2,1H3,(H,19,20)/t13-/m0/s1. The minimum atomic E-state index is -3.35. The summed E-state index contributed by atoms with van der Waals surface area (Å²) in [6, 6.07) is -0.303. The Labute approximate surface area is 147 Å². The van der Waals surface area contributed by atoms with Gasteiger partial charge in [-0.05, 0) is 32.6 Å². The van der Waals surface area contributed by atoms with E-state index in [9.17, 15) is 18.3 Å². The van der Waals surface area contributed by atoms with Gasteiger partial charge in [-0.3, -0.25) is 0 Å². The molecule has 0 amide bonds. The summed E-state index contributed by atoms with van der Waals surface area (Å²) in [6.07, 6.45) is 7.07. The summed E-state index contributed by atoms with van der Waals surface area (Å²) >= 11 is 1.32. The van der Waals surface area contributed by atoms with Gasteiger partial charge in [0.1, 0.15) is 5.01 Å². The topological polar surface area (TPSA) is 87.6 Å². The number of carboxylic acid groups (broad SMARTS) is 1. The maximum atomic E-state index is 13.1. The SMILES string of the molecule is Cc1sc([C@@H]2CCCCN2S(=O)(=O)C2CCCCC2)nc1C(=O)O. The summed E-state index contributed by atoms with van der Waals surface area (Å²) in [6.45, 7) is 2.25. The number of sulfonamides is 1. The Morgan fingerprint density at radius 2 is 1.83 bits per heavy atom. The molecule has 2 aliphatic rings. The average molecular weight is 373 g/mol. The summed E-state index contributed by atoms with van der Waals surface area (Å²) in [5, 5.41) is 9.56. The zero-order valence-electron chi connectivity index (χ0n) is 13.9. The molecule has 1 saturated carbocycles. The Morgan fingerprint density at radius 1 is 1.17 bits per heavy atom. The van der Waals surface area contributed by atoms with Crippen LogP contribution in [0.15, 0.2) is 0 Å². The highest BCUT2D eigenvalue weighted by molar-refractivity contribution is 7.89. The van der Waals surface area contributed by atoms with Crippen LogP contribution in [0.1, 0.15) is 77.8 Å². The molecule has 134 valence electrons. The summed E-state index contributed by atoms with van der Waals surface area (Å²) in [7, 11) is -3.35. The Bertz CT molecular complexity index is 708. The van der Waals surface area contributed by atoms with E-state index in [1.54, 1.807) is 11.2 Å². The van der Waals surface area contributed by atoms with Crippen molar-refractivity contribution < 1.29 is 18.3 Å². The lowest BCUT2D eigenvalue weighted by atomic mass is 10.0. The van der Waals surface area contributed by atoms with Crippen LogP contribution in [-0.2, 0) is 10.0 Å². The van der Waals surface area contributed by atoms with Gasteiger partial charge >= 0.3 is 5.97 Å². The van der Waals surface area contributed by atoms with Crippen molar-refractivity contribution in [2.24, 2.45) is 0 Å². The molecule has 1 saturated heterocycles. The number of hydrogen-bond acceptors (Lipinski definition) is 5. The maximum absolute atomic E-state index is 13.1. The van der Waals surface area contributed by atoms with Gasteiger partial charge in [0.15, 0.2) is 5.69 Å². The number of aryl methyl sites for hydroxylation is 1. The van der Waals surface area contributed by atoms with Crippen molar-refractivity contribution in [3.8, 4) is 0 Å². The van der Waals surface area contributed by atoms with E-state index >= 15 is 0 Å². The maximum Gasteiger partial charge on any atom is 0.355 e. The van der Waals surface area contributed by atoms with Gasteiger partial charge in [-0.25, -0.2) is 18.2 Å². The minimum absolute atomic E-state index is 0.0515. The Balaban J connectivity index is 1.90. The molecular weight excluding hydrogens is 348 g/mol. The highest BCUT2D eigenvalue weighted by Crippen LogP contribution is 2.39. The number of aromatic carboxylic acids is 1. The van der Waals surface area contributed by atoms with Crippen LogP contribution in [0.5, 0.6) is 0 Å². The molecule has 2 fully saturated rings. The van der Waals surface area contributed by atoms with Crippen molar-refractivity contribution in [1.29, 1.82) is 0 Å². The molecule has 1 aromatic heterocycles. The van der Waals surface area contributed by atoms with Crippen LogP contribution in [-0.4, -0.2) is 40.6 Å². The van der Waals surface area contributed by atoms with E-state index in [-0.39, 0.29) is 17.0 Å². The van der Waals surface area contributed by atoms with E-state index in [2.05, 4.69) is 4.98 Å². The second-order valence-electron chi connectivity index (χ2n) is 6.69. The quantitative estimate of drug-likeness (QED) is 0.876. The van der Waals surface area contributed by atoms with Crippen molar-refractivity contribution >= 4 is 27.3 Å². The van der Waals surface area contributed by atoms with Crippen LogP contribution in [0.4, 0.5) is 0 Å². The zero-order valence-corrected chi connectivity index (χ0v) is 15.5. The van der Waals surface area contributed by atoms with Gasteiger partial charge in [0.25, 0.3) is 0 Å². The van der Waals surface area contributed by atoms with Crippen LogP contribution in [0.3, 0.4) is 0 Å². The van der Waals surface area contributed by atoms with Gasteiger partial charge in [0.05, 0.1) is 11.3 Å². The Hall–Kier alpha value is -0.990. The predicted molar refractivity (Wildman–Crippen MR) is 92.9 cm³/mol. The second-order valence-corrected chi connectivity index (χ2v) is 10.1. The highest BCUT2D eigenvalue weighted by Gasteiger charge is 2.40. The van der Waals surface area contributed by atoms with Crippen molar-refractivity contribution in [2.45, 2.75) is 69.6 Å². The van der Waals surface area contributed by atoms with Crippen LogP contribution in [0.2, 0.25) is 0 Å². The third-order valence-corrected chi connectivity index (χ3v) is 8.53. The molecule has 6 nitrogen and oxygen atoms in total. The molecule has 1 aliphatic carbocycles. The van der Waals surface area contributed by atoms with E-state index in [1.165, 1.54) is 11.3 Å². The van der Waals surface area contributed by atoms with Crippen molar-refractivity contribution in [3.05, 3.63) is 15.6 Å². The highest BCUT2D eigenvalue weighted by atomic mass is 32.2. The van der Waals surface area contributed by atoms with Crippen LogP contribution in [0.25, 0.3) is 0 Å². The van der Waals surface area contributed by atoms with Gasteiger partial charge in [-0.15, -0.1) is 11.3 Å². The van der Waals surface area contributed by atoms with E-state index < -0.39 is 16.0 Å². The molecular formula is C16H24N2O4S2. The molecule has 0 unspecified atom stereocenters. The first kappa shape index (κ1) is 17.8. The second kappa shape index (κ2) is 7.09. The van der Waals surface area contributed by atoms with Crippen LogP contribution < -0.4 is 0 Å². The van der Waals surface area contributed by atoms with Crippen molar-refractivity contribution in [1.82, 2.24) is 9.29 Å². The van der Waals surface area contributed by atoms with Gasteiger partial charge in [-0.1, -0.05) is 25.7 Å². The summed E-state index contributed by atoms with van der Waals surface area (Å²) in [4.78, 5) is 16.1. The van der Waals surface area contributed by atoms with E-state index in [1.807, 2.05) is 0 Å². The fourth-order valence-corrected chi connectivity index (χ4v) is 7.15. The van der Waals surface area contributed by atoms with Crippen LogP contribution >= 0.6 is 11.3 Å². The van der Waals surface area contributed by atoms with E-state index in [0.717, 1.165) is 51.4 Å². The smallest absolute Gasteiger partial charge is 0.355 e.